The van der Waals surface area contributed by atoms with Crippen LogP contribution < -0.4 is 5.32 Å². The number of hydrogen-bond donors (Lipinski definition) is 1. The Balaban J connectivity index is 1.76. The zero-order valence-electron chi connectivity index (χ0n) is 13.7. The van der Waals surface area contributed by atoms with Gasteiger partial charge in [-0.1, -0.05) is 40.5 Å². The molecule has 2 rings (SSSR count). The molecule has 0 aromatic rings. The lowest BCUT2D eigenvalue weighted by Gasteiger charge is -2.42. The van der Waals surface area contributed by atoms with Gasteiger partial charge in [0.2, 0.25) is 0 Å². The van der Waals surface area contributed by atoms with Crippen LogP contribution in [-0.2, 0) is 0 Å². The van der Waals surface area contributed by atoms with Crippen LogP contribution in [0.15, 0.2) is 0 Å². The van der Waals surface area contributed by atoms with Crippen LogP contribution >= 0.6 is 0 Å². The second-order valence-electron chi connectivity index (χ2n) is 8.28. The van der Waals surface area contributed by atoms with E-state index < -0.39 is 0 Å². The second-order valence-corrected chi connectivity index (χ2v) is 8.28. The van der Waals surface area contributed by atoms with Crippen LogP contribution in [0.2, 0.25) is 0 Å². The van der Waals surface area contributed by atoms with Gasteiger partial charge < -0.3 is 5.32 Å². The van der Waals surface area contributed by atoms with Gasteiger partial charge in [0.1, 0.15) is 0 Å². The summed E-state index contributed by atoms with van der Waals surface area (Å²) in [5.41, 5.74) is 0.550. The average Bonchev–Trinajstić information content (AvgIpc) is 2.29. The third kappa shape index (κ3) is 4.77. The molecule has 0 aromatic heterocycles. The maximum absolute atomic E-state index is 4.01. The van der Waals surface area contributed by atoms with Gasteiger partial charge >= 0.3 is 0 Å². The topological polar surface area (TPSA) is 12.0 Å². The number of nitrogens with one attached hydrogen (secondary N) is 1. The van der Waals surface area contributed by atoms with Crippen molar-refractivity contribution in [2.45, 2.75) is 97.6 Å². The lowest BCUT2D eigenvalue weighted by atomic mass is 9.70. The Bertz CT molecular complexity index is 263. The standard InChI is InChI=1S/C18H35N/c1-5-6-15-7-9-16(10-8-15)19-17-11-14(2)12-18(3,4)13-17/h14-17,19H,5-13H2,1-4H3. The molecule has 2 aliphatic rings. The Kier molecular flexibility index (Phi) is 5.34. The van der Waals surface area contributed by atoms with Gasteiger partial charge in [0.05, 0.1) is 0 Å². The molecule has 0 aromatic carbocycles. The van der Waals surface area contributed by atoms with Crippen molar-refractivity contribution in [3.05, 3.63) is 0 Å². The largest absolute Gasteiger partial charge is 0.311 e. The van der Waals surface area contributed by atoms with E-state index >= 15 is 0 Å². The van der Waals surface area contributed by atoms with Gasteiger partial charge in [-0.15, -0.1) is 0 Å². The lowest BCUT2D eigenvalue weighted by molar-refractivity contribution is 0.135. The van der Waals surface area contributed by atoms with Gasteiger partial charge in [0.25, 0.3) is 0 Å². The Labute approximate surface area is 120 Å². The van der Waals surface area contributed by atoms with Gasteiger partial charge in [0, 0.05) is 12.1 Å². The summed E-state index contributed by atoms with van der Waals surface area (Å²) in [5, 5.41) is 4.01. The second kappa shape index (κ2) is 6.61. The molecule has 0 radical (unpaired) electrons. The van der Waals surface area contributed by atoms with Crippen LogP contribution in [0.5, 0.6) is 0 Å². The van der Waals surface area contributed by atoms with E-state index in [9.17, 15) is 0 Å². The first kappa shape index (κ1) is 15.4. The summed E-state index contributed by atoms with van der Waals surface area (Å²) in [5.74, 6) is 1.93. The highest BCUT2D eigenvalue weighted by Gasteiger charge is 2.33. The van der Waals surface area contributed by atoms with E-state index in [1.165, 1.54) is 57.8 Å². The summed E-state index contributed by atoms with van der Waals surface area (Å²) in [6.45, 7) is 9.68. The van der Waals surface area contributed by atoms with Crippen molar-refractivity contribution in [1.82, 2.24) is 5.32 Å². The van der Waals surface area contributed by atoms with E-state index in [-0.39, 0.29) is 0 Å². The average molecular weight is 265 g/mol. The molecule has 2 saturated carbocycles. The molecule has 0 saturated heterocycles. The first-order valence-electron chi connectivity index (χ1n) is 8.74. The molecule has 1 nitrogen and oxygen atoms in total. The fourth-order valence-electron chi connectivity index (χ4n) is 4.83. The molecule has 1 N–H and O–H groups in total. The Morgan fingerprint density at radius 3 is 2.26 bits per heavy atom. The molecule has 112 valence electrons. The van der Waals surface area contributed by atoms with E-state index in [4.69, 9.17) is 0 Å². The van der Waals surface area contributed by atoms with E-state index in [0.29, 0.717) is 5.41 Å². The van der Waals surface area contributed by atoms with Crippen LogP contribution in [0, 0.1) is 17.3 Å². The monoisotopic (exact) mass is 265 g/mol. The number of hydrogen-bond acceptors (Lipinski definition) is 1. The van der Waals surface area contributed by atoms with E-state index in [2.05, 4.69) is 33.0 Å². The molecule has 2 unspecified atom stereocenters. The maximum atomic E-state index is 4.01. The minimum absolute atomic E-state index is 0.550. The molecule has 1 heteroatoms. The SMILES string of the molecule is CCCC1CCC(NC2CC(C)CC(C)(C)C2)CC1. The molecular formula is C18H35N. The van der Waals surface area contributed by atoms with Gasteiger partial charge in [-0.25, -0.2) is 0 Å². The summed E-state index contributed by atoms with van der Waals surface area (Å²) >= 11 is 0. The highest BCUT2D eigenvalue weighted by Crippen LogP contribution is 2.39. The van der Waals surface area contributed by atoms with Crippen molar-refractivity contribution in [3.8, 4) is 0 Å². The quantitative estimate of drug-likeness (QED) is 0.741. The van der Waals surface area contributed by atoms with Crippen molar-refractivity contribution < 1.29 is 0 Å². The molecule has 0 heterocycles. The fourth-order valence-corrected chi connectivity index (χ4v) is 4.83. The first-order valence-corrected chi connectivity index (χ1v) is 8.74. The van der Waals surface area contributed by atoms with Crippen LogP contribution in [0.25, 0.3) is 0 Å². The van der Waals surface area contributed by atoms with Gasteiger partial charge in [-0.05, 0) is 62.2 Å². The van der Waals surface area contributed by atoms with Crippen molar-refractivity contribution in [3.63, 3.8) is 0 Å². The molecule has 0 amide bonds. The zero-order valence-corrected chi connectivity index (χ0v) is 13.7. The van der Waals surface area contributed by atoms with Crippen LogP contribution in [0.3, 0.4) is 0 Å². The predicted octanol–water partition coefficient (Wildman–Crippen LogP) is 5.15. The van der Waals surface area contributed by atoms with E-state index in [0.717, 1.165) is 23.9 Å². The minimum atomic E-state index is 0.550. The summed E-state index contributed by atoms with van der Waals surface area (Å²) in [7, 11) is 0. The van der Waals surface area contributed by atoms with Crippen LogP contribution in [0.1, 0.15) is 85.5 Å². The van der Waals surface area contributed by atoms with Crippen molar-refractivity contribution in [1.29, 1.82) is 0 Å². The third-order valence-corrected chi connectivity index (χ3v) is 5.40. The van der Waals surface area contributed by atoms with Crippen LogP contribution in [-0.4, -0.2) is 12.1 Å². The summed E-state index contributed by atoms with van der Waals surface area (Å²) < 4.78 is 0. The molecule has 2 atom stereocenters. The summed E-state index contributed by atoms with van der Waals surface area (Å²) in [4.78, 5) is 0. The van der Waals surface area contributed by atoms with Crippen molar-refractivity contribution in [2.24, 2.45) is 17.3 Å². The zero-order chi connectivity index (χ0) is 13.9. The van der Waals surface area contributed by atoms with Gasteiger partial charge in [0.15, 0.2) is 0 Å². The molecule has 0 aliphatic heterocycles. The summed E-state index contributed by atoms with van der Waals surface area (Å²) in [6, 6.07) is 1.60. The van der Waals surface area contributed by atoms with Gasteiger partial charge in [-0.3, -0.25) is 0 Å². The molecular weight excluding hydrogens is 230 g/mol. The molecule has 0 bridgehead atoms. The predicted molar refractivity (Wildman–Crippen MR) is 84.4 cm³/mol. The Morgan fingerprint density at radius 1 is 1.00 bits per heavy atom. The highest BCUT2D eigenvalue weighted by atomic mass is 15.0. The van der Waals surface area contributed by atoms with Crippen molar-refractivity contribution >= 4 is 0 Å². The van der Waals surface area contributed by atoms with E-state index in [1.54, 1.807) is 0 Å². The van der Waals surface area contributed by atoms with Crippen LogP contribution in [0.4, 0.5) is 0 Å². The maximum Gasteiger partial charge on any atom is 0.00772 e. The molecule has 19 heavy (non-hydrogen) atoms. The lowest BCUT2D eigenvalue weighted by Crippen LogP contribution is -2.46. The first-order chi connectivity index (χ1) is 8.98. The Morgan fingerprint density at radius 2 is 1.68 bits per heavy atom. The normalized spacial score (nSPS) is 39.2. The molecule has 2 fully saturated rings. The smallest absolute Gasteiger partial charge is 0.00772 e. The third-order valence-electron chi connectivity index (χ3n) is 5.40. The Hall–Kier alpha value is -0.0400. The van der Waals surface area contributed by atoms with Gasteiger partial charge in [-0.2, -0.15) is 0 Å². The summed E-state index contributed by atoms with van der Waals surface area (Å²) in [6.07, 6.45) is 12.8. The minimum Gasteiger partial charge on any atom is -0.311 e. The number of rotatable bonds is 4. The molecule has 2 aliphatic carbocycles. The van der Waals surface area contributed by atoms with E-state index in [1.807, 2.05) is 0 Å². The molecule has 0 spiro atoms. The highest BCUT2D eigenvalue weighted by molar-refractivity contribution is 4.89. The fraction of sp³-hybridized carbons (Fsp3) is 1.00. The van der Waals surface area contributed by atoms with Crippen molar-refractivity contribution in [2.75, 3.05) is 0 Å².